The molecule has 0 aliphatic heterocycles. The molecule has 0 saturated heterocycles. The molecule has 2 N–H and O–H groups in total. The van der Waals surface area contributed by atoms with E-state index in [9.17, 15) is 4.79 Å². The van der Waals surface area contributed by atoms with Crippen molar-refractivity contribution in [1.29, 1.82) is 0 Å². The number of hydrogen-bond acceptors (Lipinski definition) is 2. The number of fused-ring (bicyclic) bond motifs is 1. The quantitative estimate of drug-likeness (QED) is 0.878. The zero-order valence-electron chi connectivity index (χ0n) is 9.86. The Hall–Kier alpha value is -1.26. The summed E-state index contributed by atoms with van der Waals surface area (Å²) >= 11 is 11.8. The Labute approximate surface area is 115 Å². The van der Waals surface area contributed by atoms with Crippen molar-refractivity contribution in [2.24, 2.45) is 5.73 Å². The fraction of sp³-hybridized carbons (Fsp3) is 0.333. The van der Waals surface area contributed by atoms with Crippen molar-refractivity contribution in [2.45, 2.75) is 25.3 Å². The lowest BCUT2D eigenvalue weighted by Crippen LogP contribution is -2.18. The molecular weight excluding hydrogens is 273 g/mol. The Bertz CT molecular complexity index is 594. The van der Waals surface area contributed by atoms with Crippen LogP contribution in [0.5, 0.6) is 0 Å². The number of amides is 1. The van der Waals surface area contributed by atoms with Crippen molar-refractivity contribution in [2.75, 3.05) is 0 Å². The Balaban J connectivity index is 2.56. The molecule has 0 aliphatic carbocycles. The first kappa shape index (κ1) is 13.2. The van der Waals surface area contributed by atoms with E-state index in [-0.39, 0.29) is 24.2 Å². The van der Waals surface area contributed by atoms with E-state index in [1.165, 1.54) is 0 Å². The summed E-state index contributed by atoms with van der Waals surface area (Å²) in [4.78, 5) is 15.4. The maximum Gasteiger partial charge on any atom is 0.219 e. The molecule has 1 aromatic carbocycles. The minimum absolute atomic E-state index is 0.0811. The third-order valence-corrected chi connectivity index (χ3v) is 3.26. The average molecular weight is 286 g/mol. The van der Waals surface area contributed by atoms with Crippen LogP contribution in [0.1, 0.15) is 25.2 Å². The summed E-state index contributed by atoms with van der Waals surface area (Å²) in [6.45, 7) is 1.91. The number of carbonyl (C=O) groups is 1. The fourth-order valence-corrected chi connectivity index (χ4v) is 2.45. The molecule has 1 aromatic heterocycles. The number of aromatic nitrogens is 2. The van der Waals surface area contributed by atoms with E-state index in [0.717, 1.165) is 11.0 Å². The normalized spacial score (nSPS) is 12.8. The summed E-state index contributed by atoms with van der Waals surface area (Å²) in [5.41, 5.74) is 6.91. The number of hydrogen-bond donors (Lipinski definition) is 1. The van der Waals surface area contributed by atoms with Crippen molar-refractivity contribution in [3.05, 3.63) is 29.0 Å². The summed E-state index contributed by atoms with van der Waals surface area (Å²) < 4.78 is 1.93. The molecule has 4 nitrogen and oxygen atoms in total. The zero-order chi connectivity index (χ0) is 13.3. The van der Waals surface area contributed by atoms with Crippen LogP contribution in [0.4, 0.5) is 0 Å². The van der Waals surface area contributed by atoms with Gasteiger partial charge in [-0.25, -0.2) is 4.98 Å². The number of rotatable bonds is 4. The largest absolute Gasteiger partial charge is 0.370 e. The van der Waals surface area contributed by atoms with E-state index >= 15 is 0 Å². The van der Waals surface area contributed by atoms with Crippen molar-refractivity contribution in [3.63, 3.8) is 0 Å². The minimum Gasteiger partial charge on any atom is -0.370 e. The number of carbonyl (C=O) groups excluding carboxylic acids is 1. The monoisotopic (exact) mass is 285 g/mol. The van der Waals surface area contributed by atoms with Crippen LogP contribution in [0, 0.1) is 0 Å². The van der Waals surface area contributed by atoms with E-state index in [0.29, 0.717) is 10.8 Å². The van der Waals surface area contributed by atoms with Crippen LogP contribution in [-0.2, 0) is 10.7 Å². The van der Waals surface area contributed by atoms with Gasteiger partial charge in [-0.1, -0.05) is 11.6 Å². The molecule has 2 aromatic rings. The van der Waals surface area contributed by atoms with Gasteiger partial charge in [0, 0.05) is 17.5 Å². The van der Waals surface area contributed by atoms with Crippen LogP contribution in [0.2, 0.25) is 5.02 Å². The van der Waals surface area contributed by atoms with Gasteiger partial charge in [0.2, 0.25) is 5.91 Å². The molecule has 18 heavy (non-hydrogen) atoms. The summed E-state index contributed by atoms with van der Waals surface area (Å²) in [5.74, 6) is 0.636. The van der Waals surface area contributed by atoms with Gasteiger partial charge >= 0.3 is 0 Å². The highest BCUT2D eigenvalue weighted by Crippen LogP contribution is 2.26. The molecule has 0 saturated carbocycles. The fourth-order valence-electron chi connectivity index (χ4n) is 2.09. The van der Waals surface area contributed by atoms with Gasteiger partial charge < -0.3 is 10.3 Å². The lowest BCUT2D eigenvalue weighted by molar-refractivity contribution is -0.118. The average Bonchev–Trinajstić information content (AvgIpc) is 2.65. The Kier molecular flexibility index (Phi) is 3.78. The van der Waals surface area contributed by atoms with Crippen LogP contribution < -0.4 is 5.73 Å². The maximum atomic E-state index is 11.0. The number of benzene rings is 1. The van der Waals surface area contributed by atoms with E-state index in [4.69, 9.17) is 28.9 Å². The second kappa shape index (κ2) is 5.16. The number of alkyl halides is 1. The van der Waals surface area contributed by atoms with Crippen LogP contribution in [0.15, 0.2) is 18.2 Å². The molecule has 0 spiro atoms. The molecule has 1 amide bonds. The van der Waals surface area contributed by atoms with Crippen molar-refractivity contribution in [3.8, 4) is 0 Å². The van der Waals surface area contributed by atoms with Gasteiger partial charge in [0.15, 0.2) is 0 Å². The first-order valence-electron chi connectivity index (χ1n) is 5.53. The van der Waals surface area contributed by atoms with Crippen LogP contribution in [0.25, 0.3) is 11.0 Å². The Morgan fingerprint density at radius 1 is 1.56 bits per heavy atom. The predicted octanol–water partition coefficient (Wildman–Crippen LogP) is 2.86. The van der Waals surface area contributed by atoms with Gasteiger partial charge in [-0.05, 0) is 25.1 Å². The second-order valence-electron chi connectivity index (χ2n) is 4.18. The molecule has 1 unspecified atom stereocenters. The molecule has 0 fully saturated rings. The van der Waals surface area contributed by atoms with Gasteiger partial charge in [0.1, 0.15) is 5.82 Å². The van der Waals surface area contributed by atoms with E-state index < -0.39 is 0 Å². The molecule has 0 bridgehead atoms. The summed E-state index contributed by atoms with van der Waals surface area (Å²) in [5, 5.41) is 0.621. The third kappa shape index (κ3) is 2.44. The van der Waals surface area contributed by atoms with Gasteiger partial charge in [-0.2, -0.15) is 0 Å². The third-order valence-electron chi connectivity index (χ3n) is 2.78. The molecule has 96 valence electrons. The topological polar surface area (TPSA) is 60.9 Å². The van der Waals surface area contributed by atoms with E-state index in [1.807, 2.05) is 17.6 Å². The molecule has 1 heterocycles. The van der Waals surface area contributed by atoms with Crippen LogP contribution in [-0.4, -0.2) is 15.5 Å². The van der Waals surface area contributed by atoms with Gasteiger partial charge in [0.05, 0.1) is 16.9 Å². The Morgan fingerprint density at radius 3 is 2.89 bits per heavy atom. The smallest absolute Gasteiger partial charge is 0.219 e. The van der Waals surface area contributed by atoms with E-state index in [1.54, 1.807) is 12.1 Å². The molecule has 2 rings (SSSR count). The van der Waals surface area contributed by atoms with Crippen LogP contribution in [0.3, 0.4) is 0 Å². The lowest BCUT2D eigenvalue weighted by atomic mass is 10.2. The number of nitrogens with two attached hydrogens (primary N) is 1. The summed E-state index contributed by atoms with van der Waals surface area (Å²) in [6.07, 6.45) is 0.248. The number of nitrogens with zero attached hydrogens (tertiary/aromatic N) is 2. The van der Waals surface area contributed by atoms with Crippen molar-refractivity contribution in [1.82, 2.24) is 9.55 Å². The molecule has 6 heteroatoms. The highest BCUT2D eigenvalue weighted by atomic mass is 35.5. The number of primary amides is 1. The summed E-state index contributed by atoms with van der Waals surface area (Å²) in [6, 6.07) is 5.36. The van der Waals surface area contributed by atoms with Crippen LogP contribution >= 0.6 is 23.2 Å². The highest BCUT2D eigenvalue weighted by Gasteiger charge is 2.16. The Morgan fingerprint density at radius 2 is 2.28 bits per heavy atom. The molecule has 1 atom stereocenters. The van der Waals surface area contributed by atoms with Crippen molar-refractivity contribution >= 4 is 40.1 Å². The van der Waals surface area contributed by atoms with Gasteiger partial charge in [0.25, 0.3) is 0 Å². The maximum absolute atomic E-state index is 11.0. The van der Waals surface area contributed by atoms with Gasteiger partial charge in [-0.15, -0.1) is 11.6 Å². The highest BCUT2D eigenvalue weighted by molar-refractivity contribution is 6.31. The first-order chi connectivity index (χ1) is 8.52. The zero-order valence-corrected chi connectivity index (χ0v) is 11.4. The molecule has 0 radical (unpaired) electrons. The second-order valence-corrected chi connectivity index (χ2v) is 4.89. The minimum atomic E-state index is -0.348. The van der Waals surface area contributed by atoms with E-state index in [2.05, 4.69) is 4.98 Å². The standard InChI is InChI=1S/C12H13Cl2N3O/c1-7(4-11(15)18)17-10-3-2-8(14)5-9(10)16-12(17)6-13/h2-3,5,7H,4,6H2,1H3,(H2,15,18). The van der Waals surface area contributed by atoms with Crippen molar-refractivity contribution < 1.29 is 4.79 Å². The molecular formula is C12H13Cl2N3O. The molecule has 0 aliphatic rings. The number of imidazole rings is 1. The van der Waals surface area contributed by atoms with Gasteiger partial charge in [-0.3, -0.25) is 4.79 Å². The first-order valence-corrected chi connectivity index (χ1v) is 6.44. The predicted molar refractivity (Wildman–Crippen MR) is 72.8 cm³/mol. The SMILES string of the molecule is CC(CC(N)=O)n1c(CCl)nc2cc(Cl)ccc21. The summed E-state index contributed by atoms with van der Waals surface area (Å²) in [7, 11) is 0. The number of halogens is 2. The lowest BCUT2D eigenvalue weighted by Gasteiger charge is -2.15.